The van der Waals surface area contributed by atoms with Crippen molar-refractivity contribution >= 4 is 18.6 Å². The number of carboxylic acid groups (broad SMARTS) is 1. The van der Waals surface area contributed by atoms with E-state index in [1.54, 1.807) is 0 Å². The largest absolute Gasteiger partial charge is 0.507 e. The van der Waals surface area contributed by atoms with Crippen molar-refractivity contribution in [1.82, 2.24) is 0 Å². The first-order valence-electron chi connectivity index (χ1n) is 3.52. The molecular formula is C8H9NO3S. The second kappa shape index (κ2) is 3.68. The molecule has 4 nitrogen and oxygen atoms in total. The molecule has 0 aliphatic heterocycles. The fourth-order valence-corrected chi connectivity index (χ4v) is 1.10. The van der Waals surface area contributed by atoms with Crippen molar-refractivity contribution in [3.05, 3.63) is 23.8 Å². The summed E-state index contributed by atoms with van der Waals surface area (Å²) in [7, 11) is 0. The maximum atomic E-state index is 10.5. The van der Waals surface area contributed by atoms with Crippen molar-refractivity contribution in [2.24, 2.45) is 5.73 Å². The number of aliphatic carboxylic acids is 1. The number of nitrogens with two attached hydrogens (primary N) is 1. The summed E-state index contributed by atoms with van der Waals surface area (Å²) in [5.74, 6) is -1.11. The molecule has 0 radical (unpaired) electrons. The molecule has 0 bridgehead atoms. The smallest absolute Gasteiger partial charge is 0.325 e. The maximum absolute atomic E-state index is 10.5. The minimum atomic E-state index is -1.11. The van der Waals surface area contributed by atoms with Crippen LogP contribution in [0.1, 0.15) is 11.6 Å². The van der Waals surface area contributed by atoms with Crippen LogP contribution in [-0.4, -0.2) is 16.2 Å². The van der Waals surface area contributed by atoms with Crippen LogP contribution >= 0.6 is 12.6 Å². The molecule has 1 atom stereocenters. The molecule has 13 heavy (non-hydrogen) atoms. The van der Waals surface area contributed by atoms with Gasteiger partial charge in [0.05, 0.1) is 0 Å². The highest BCUT2D eigenvalue weighted by Gasteiger charge is 2.14. The third kappa shape index (κ3) is 2.13. The summed E-state index contributed by atoms with van der Waals surface area (Å²) in [6.45, 7) is 0. The van der Waals surface area contributed by atoms with Crippen molar-refractivity contribution in [1.29, 1.82) is 0 Å². The van der Waals surface area contributed by atoms with E-state index < -0.39 is 12.0 Å². The molecule has 1 aromatic carbocycles. The second-order valence-corrected chi connectivity index (χ2v) is 3.05. The van der Waals surface area contributed by atoms with Crippen molar-refractivity contribution < 1.29 is 15.0 Å². The van der Waals surface area contributed by atoms with Crippen LogP contribution in [0.3, 0.4) is 0 Å². The van der Waals surface area contributed by atoms with E-state index in [1.807, 2.05) is 0 Å². The summed E-state index contributed by atoms with van der Waals surface area (Å²) in [5.41, 5.74) is 5.75. The summed E-state index contributed by atoms with van der Waals surface area (Å²) in [4.78, 5) is 10.8. The summed E-state index contributed by atoms with van der Waals surface area (Å²) >= 11 is 3.93. The molecule has 0 amide bonds. The van der Waals surface area contributed by atoms with Gasteiger partial charge in [0.25, 0.3) is 0 Å². The van der Waals surface area contributed by atoms with E-state index in [4.69, 9.17) is 15.9 Å². The quantitative estimate of drug-likeness (QED) is 0.530. The molecule has 0 fully saturated rings. The van der Waals surface area contributed by atoms with Crippen LogP contribution in [0.15, 0.2) is 23.1 Å². The lowest BCUT2D eigenvalue weighted by atomic mass is 10.1. The lowest BCUT2D eigenvalue weighted by Gasteiger charge is -2.07. The SMILES string of the molecule is N[C@H](C(=O)O)c1ccc(O)c(S)c1. The first kappa shape index (κ1) is 9.88. The number of hydrogen-bond donors (Lipinski definition) is 4. The monoisotopic (exact) mass is 199 g/mol. The highest BCUT2D eigenvalue weighted by molar-refractivity contribution is 7.80. The Hall–Kier alpha value is -1.20. The molecule has 1 rings (SSSR count). The van der Waals surface area contributed by atoms with Crippen molar-refractivity contribution in [3.63, 3.8) is 0 Å². The summed E-state index contributed by atoms with van der Waals surface area (Å²) < 4.78 is 0. The lowest BCUT2D eigenvalue weighted by molar-refractivity contribution is -0.138. The number of aromatic hydroxyl groups is 1. The van der Waals surface area contributed by atoms with E-state index >= 15 is 0 Å². The van der Waals surface area contributed by atoms with Gasteiger partial charge < -0.3 is 15.9 Å². The molecule has 0 saturated heterocycles. The van der Waals surface area contributed by atoms with Gasteiger partial charge in [0.2, 0.25) is 0 Å². The molecule has 1 aromatic rings. The highest BCUT2D eigenvalue weighted by atomic mass is 32.1. The third-order valence-corrected chi connectivity index (χ3v) is 1.98. The van der Waals surface area contributed by atoms with Gasteiger partial charge in [-0.3, -0.25) is 4.79 Å². The topological polar surface area (TPSA) is 83.6 Å². The zero-order valence-corrected chi connectivity index (χ0v) is 7.53. The first-order chi connectivity index (χ1) is 6.02. The summed E-state index contributed by atoms with van der Waals surface area (Å²) in [6.07, 6.45) is 0. The molecule has 0 spiro atoms. The lowest BCUT2D eigenvalue weighted by Crippen LogP contribution is -2.20. The number of rotatable bonds is 2. The number of benzene rings is 1. The van der Waals surface area contributed by atoms with Crippen LogP contribution < -0.4 is 5.73 Å². The van der Waals surface area contributed by atoms with Gasteiger partial charge in [-0.2, -0.15) is 0 Å². The molecule has 0 saturated carbocycles. The fourth-order valence-electron chi connectivity index (χ4n) is 0.876. The predicted molar refractivity (Wildman–Crippen MR) is 49.9 cm³/mol. The molecule has 70 valence electrons. The molecular weight excluding hydrogens is 190 g/mol. The van der Waals surface area contributed by atoms with Gasteiger partial charge in [-0.15, -0.1) is 12.6 Å². The van der Waals surface area contributed by atoms with E-state index in [0.717, 1.165) is 0 Å². The number of hydrogen-bond acceptors (Lipinski definition) is 4. The Morgan fingerprint density at radius 2 is 2.15 bits per heavy atom. The van der Waals surface area contributed by atoms with Gasteiger partial charge in [-0.05, 0) is 17.7 Å². The number of carbonyl (C=O) groups is 1. The molecule has 0 unspecified atom stereocenters. The molecule has 0 heterocycles. The minimum absolute atomic E-state index is 0.00433. The zero-order chi connectivity index (χ0) is 10.0. The maximum Gasteiger partial charge on any atom is 0.325 e. The van der Waals surface area contributed by atoms with Crippen LogP contribution in [0.2, 0.25) is 0 Å². The summed E-state index contributed by atoms with van der Waals surface area (Å²) in [6, 6.07) is 3.16. The Bertz CT molecular complexity index is 340. The van der Waals surface area contributed by atoms with Gasteiger partial charge in [-0.1, -0.05) is 6.07 Å². The van der Waals surface area contributed by atoms with E-state index in [0.29, 0.717) is 10.5 Å². The molecule has 0 aromatic heterocycles. The average molecular weight is 199 g/mol. The van der Waals surface area contributed by atoms with Crippen molar-refractivity contribution in [2.45, 2.75) is 10.9 Å². The number of carboxylic acids is 1. The van der Waals surface area contributed by atoms with Gasteiger partial charge in [0, 0.05) is 4.90 Å². The minimum Gasteiger partial charge on any atom is -0.507 e. The van der Waals surface area contributed by atoms with Gasteiger partial charge in [-0.25, -0.2) is 0 Å². The van der Waals surface area contributed by atoms with Crippen molar-refractivity contribution in [3.8, 4) is 5.75 Å². The van der Waals surface area contributed by atoms with Crippen LogP contribution in [-0.2, 0) is 4.79 Å². The number of phenols is 1. The first-order valence-corrected chi connectivity index (χ1v) is 3.97. The normalized spacial score (nSPS) is 12.5. The molecule has 0 aliphatic carbocycles. The average Bonchev–Trinajstić information content (AvgIpc) is 2.08. The van der Waals surface area contributed by atoms with E-state index in [-0.39, 0.29) is 5.75 Å². The fraction of sp³-hybridized carbons (Fsp3) is 0.125. The van der Waals surface area contributed by atoms with E-state index in [1.165, 1.54) is 18.2 Å². The van der Waals surface area contributed by atoms with Crippen LogP contribution in [0, 0.1) is 0 Å². The molecule has 4 N–H and O–H groups in total. The van der Waals surface area contributed by atoms with E-state index in [9.17, 15) is 4.79 Å². The Morgan fingerprint density at radius 1 is 1.54 bits per heavy atom. The Balaban J connectivity index is 3.03. The van der Waals surface area contributed by atoms with E-state index in [2.05, 4.69) is 12.6 Å². The third-order valence-electron chi connectivity index (χ3n) is 1.62. The molecule has 5 heteroatoms. The number of thiol groups is 1. The van der Waals surface area contributed by atoms with Crippen LogP contribution in [0.4, 0.5) is 0 Å². The predicted octanol–water partition coefficient (Wildman–Crippen LogP) is 0.765. The Labute approximate surface area is 80.4 Å². The standard InChI is InChI=1S/C8H9NO3S/c9-7(8(11)12)4-1-2-5(10)6(13)3-4/h1-3,7,10,13H,9H2,(H,11,12)/t7-/m0/s1. The Kier molecular flexibility index (Phi) is 2.79. The van der Waals surface area contributed by atoms with Crippen LogP contribution in [0.25, 0.3) is 0 Å². The van der Waals surface area contributed by atoms with Gasteiger partial charge in [0.1, 0.15) is 11.8 Å². The highest BCUT2D eigenvalue weighted by Crippen LogP contribution is 2.24. The van der Waals surface area contributed by atoms with Gasteiger partial charge in [0.15, 0.2) is 0 Å². The second-order valence-electron chi connectivity index (χ2n) is 2.56. The number of phenolic OH excluding ortho intramolecular Hbond substituents is 1. The summed E-state index contributed by atoms with van der Waals surface area (Å²) in [5, 5.41) is 17.7. The van der Waals surface area contributed by atoms with Gasteiger partial charge >= 0.3 is 5.97 Å². The van der Waals surface area contributed by atoms with Crippen LogP contribution in [0.5, 0.6) is 5.75 Å². The zero-order valence-electron chi connectivity index (χ0n) is 6.64. The molecule has 0 aliphatic rings. The van der Waals surface area contributed by atoms with Crippen molar-refractivity contribution in [2.75, 3.05) is 0 Å². The Morgan fingerprint density at radius 3 is 2.62 bits per heavy atom.